The van der Waals surface area contributed by atoms with E-state index in [0.29, 0.717) is 0 Å². The van der Waals surface area contributed by atoms with E-state index in [1.165, 1.54) is 18.2 Å². The second-order valence-electron chi connectivity index (χ2n) is 2.48. The molecule has 1 rings (SSSR count). The molecule has 1 aromatic rings. The SMILES string of the molecule is N#CCCOc1cccc(F)c1C#N. The maximum atomic E-state index is 13.0. The van der Waals surface area contributed by atoms with Gasteiger partial charge in [-0.2, -0.15) is 10.5 Å². The topological polar surface area (TPSA) is 56.8 Å². The summed E-state index contributed by atoms with van der Waals surface area (Å²) in [6.07, 6.45) is 0.210. The van der Waals surface area contributed by atoms with E-state index in [-0.39, 0.29) is 24.3 Å². The fraction of sp³-hybridized carbons (Fsp3) is 0.200. The lowest BCUT2D eigenvalue weighted by Crippen LogP contribution is -1.99. The van der Waals surface area contributed by atoms with Gasteiger partial charge in [0.15, 0.2) is 0 Å². The van der Waals surface area contributed by atoms with Gasteiger partial charge in [0, 0.05) is 0 Å². The van der Waals surface area contributed by atoms with E-state index < -0.39 is 5.82 Å². The second kappa shape index (κ2) is 4.84. The summed E-state index contributed by atoms with van der Waals surface area (Å²) in [6, 6.07) is 7.74. The van der Waals surface area contributed by atoms with Crippen LogP contribution in [0.2, 0.25) is 0 Å². The van der Waals surface area contributed by atoms with E-state index in [9.17, 15) is 4.39 Å². The smallest absolute Gasteiger partial charge is 0.144 e. The highest BCUT2D eigenvalue weighted by Gasteiger charge is 2.07. The number of halogens is 1. The third kappa shape index (κ3) is 2.21. The Morgan fingerprint density at radius 1 is 1.36 bits per heavy atom. The van der Waals surface area contributed by atoms with Crippen LogP contribution in [-0.4, -0.2) is 6.61 Å². The van der Waals surface area contributed by atoms with Crippen molar-refractivity contribution >= 4 is 0 Å². The van der Waals surface area contributed by atoms with Crippen molar-refractivity contribution in [2.24, 2.45) is 0 Å². The molecule has 0 amide bonds. The van der Waals surface area contributed by atoms with Crippen molar-refractivity contribution in [2.75, 3.05) is 6.61 Å². The normalized spacial score (nSPS) is 8.79. The predicted octanol–water partition coefficient (Wildman–Crippen LogP) is 1.99. The summed E-state index contributed by atoms with van der Waals surface area (Å²) in [5.41, 5.74) is -0.120. The number of nitrogens with zero attached hydrogens (tertiary/aromatic N) is 2. The first kappa shape index (κ1) is 10.0. The van der Waals surface area contributed by atoms with Crippen LogP contribution in [0.25, 0.3) is 0 Å². The highest BCUT2D eigenvalue weighted by Crippen LogP contribution is 2.20. The van der Waals surface area contributed by atoms with Gasteiger partial charge in [-0.25, -0.2) is 4.39 Å². The van der Waals surface area contributed by atoms with Gasteiger partial charge in [-0.15, -0.1) is 0 Å². The van der Waals surface area contributed by atoms with Crippen LogP contribution in [0.15, 0.2) is 18.2 Å². The molecule has 1 aromatic carbocycles. The molecule has 0 saturated carbocycles. The molecule has 0 aliphatic rings. The molecule has 0 heterocycles. The van der Waals surface area contributed by atoms with Gasteiger partial charge in [0.25, 0.3) is 0 Å². The van der Waals surface area contributed by atoms with E-state index in [4.69, 9.17) is 15.3 Å². The average Bonchev–Trinajstić information content (AvgIpc) is 2.18. The fourth-order valence-corrected chi connectivity index (χ4v) is 0.940. The van der Waals surface area contributed by atoms with Gasteiger partial charge in [-0.1, -0.05) is 6.07 Å². The maximum absolute atomic E-state index is 13.0. The van der Waals surface area contributed by atoms with E-state index >= 15 is 0 Å². The molecule has 0 aliphatic heterocycles. The summed E-state index contributed by atoms with van der Waals surface area (Å²) in [4.78, 5) is 0. The minimum absolute atomic E-state index is 0.120. The van der Waals surface area contributed by atoms with Crippen LogP contribution in [0.3, 0.4) is 0 Å². The zero-order chi connectivity index (χ0) is 10.4. The van der Waals surface area contributed by atoms with Crippen molar-refractivity contribution in [1.82, 2.24) is 0 Å². The van der Waals surface area contributed by atoms with Crippen molar-refractivity contribution in [3.63, 3.8) is 0 Å². The number of hydrogen-bond donors (Lipinski definition) is 0. The van der Waals surface area contributed by atoms with E-state index in [1.807, 2.05) is 6.07 Å². The number of benzene rings is 1. The van der Waals surface area contributed by atoms with Crippen LogP contribution in [0, 0.1) is 28.5 Å². The molecule has 0 unspecified atom stereocenters. The van der Waals surface area contributed by atoms with Crippen molar-refractivity contribution in [3.8, 4) is 17.9 Å². The first-order valence-electron chi connectivity index (χ1n) is 3.98. The standard InChI is InChI=1S/C10H7FN2O/c11-9-3-1-4-10(8(9)7-13)14-6-2-5-12/h1,3-4H,2,6H2. The first-order chi connectivity index (χ1) is 6.79. The Morgan fingerprint density at radius 3 is 2.79 bits per heavy atom. The van der Waals surface area contributed by atoms with Crippen molar-refractivity contribution < 1.29 is 9.13 Å². The number of hydrogen-bond acceptors (Lipinski definition) is 3. The monoisotopic (exact) mass is 190 g/mol. The predicted molar refractivity (Wildman–Crippen MR) is 46.8 cm³/mol. The zero-order valence-electron chi connectivity index (χ0n) is 7.33. The quantitative estimate of drug-likeness (QED) is 0.685. The molecular formula is C10H7FN2O. The molecule has 0 aliphatic carbocycles. The molecular weight excluding hydrogens is 183 g/mol. The lowest BCUT2D eigenvalue weighted by Gasteiger charge is -2.05. The minimum Gasteiger partial charge on any atom is -0.491 e. The van der Waals surface area contributed by atoms with Crippen molar-refractivity contribution in [2.45, 2.75) is 6.42 Å². The molecule has 70 valence electrons. The number of ether oxygens (including phenoxy) is 1. The Labute approximate surface area is 81.0 Å². The Morgan fingerprint density at radius 2 is 2.14 bits per heavy atom. The van der Waals surface area contributed by atoms with Gasteiger partial charge in [-0.05, 0) is 12.1 Å². The molecule has 0 atom stereocenters. The lowest BCUT2D eigenvalue weighted by atomic mass is 10.2. The van der Waals surface area contributed by atoms with Gasteiger partial charge >= 0.3 is 0 Å². The van der Waals surface area contributed by atoms with Crippen molar-refractivity contribution in [1.29, 1.82) is 10.5 Å². The van der Waals surface area contributed by atoms with E-state index in [2.05, 4.69) is 0 Å². The summed E-state index contributed by atoms with van der Waals surface area (Å²) >= 11 is 0. The van der Waals surface area contributed by atoms with Crippen LogP contribution >= 0.6 is 0 Å². The van der Waals surface area contributed by atoms with Crippen LogP contribution in [-0.2, 0) is 0 Å². The van der Waals surface area contributed by atoms with Gasteiger partial charge in [0.2, 0.25) is 0 Å². The zero-order valence-corrected chi connectivity index (χ0v) is 7.33. The van der Waals surface area contributed by atoms with E-state index in [1.54, 1.807) is 6.07 Å². The third-order valence-electron chi connectivity index (χ3n) is 1.56. The molecule has 0 bridgehead atoms. The molecule has 4 heteroatoms. The van der Waals surface area contributed by atoms with E-state index in [0.717, 1.165) is 0 Å². The number of nitriles is 2. The van der Waals surface area contributed by atoms with Gasteiger partial charge in [0.05, 0.1) is 12.5 Å². The fourth-order valence-electron chi connectivity index (χ4n) is 0.940. The lowest BCUT2D eigenvalue weighted by molar-refractivity contribution is 0.323. The number of rotatable bonds is 3. The van der Waals surface area contributed by atoms with Gasteiger partial charge in [-0.3, -0.25) is 0 Å². The van der Waals surface area contributed by atoms with Crippen LogP contribution in [0.5, 0.6) is 5.75 Å². The van der Waals surface area contributed by atoms with Gasteiger partial charge < -0.3 is 4.74 Å². The molecule has 0 radical (unpaired) electrons. The minimum atomic E-state index is -0.609. The molecule has 14 heavy (non-hydrogen) atoms. The van der Waals surface area contributed by atoms with Crippen molar-refractivity contribution in [3.05, 3.63) is 29.6 Å². The molecule has 0 saturated heterocycles. The van der Waals surface area contributed by atoms with Crippen LogP contribution < -0.4 is 4.74 Å². The average molecular weight is 190 g/mol. The first-order valence-corrected chi connectivity index (χ1v) is 3.98. The third-order valence-corrected chi connectivity index (χ3v) is 1.56. The molecule has 0 N–H and O–H groups in total. The summed E-state index contributed by atoms with van der Waals surface area (Å²) in [5, 5.41) is 16.9. The largest absolute Gasteiger partial charge is 0.491 e. The highest BCUT2D eigenvalue weighted by atomic mass is 19.1. The molecule has 3 nitrogen and oxygen atoms in total. The van der Waals surface area contributed by atoms with Gasteiger partial charge in [0.1, 0.15) is 29.8 Å². The summed E-state index contributed by atoms with van der Waals surface area (Å²) < 4.78 is 18.1. The Balaban J connectivity index is 2.83. The van der Waals surface area contributed by atoms with Crippen LogP contribution in [0.1, 0.15) is 12.0 Å². The summed E-state index contributed by atoms with van der Waals surface area (Å²) in [6.45, 7) is 0.161. The Hall–Kier alpha value is -2.07. The van der Waals surface area contributed by atoms with Crippen LogP contribution in [0.4, 0.5) is 4.39 Å². The molecule has 0 spiro atoms. The maximum Gasteiger partial charge on any atom is 0.144 e. The second-order valence-corrected chi connectivity index (χ2v) is 2.48. The summed E-state index contributed by atoms with van der Waals surface area (Å²) in [7, 11) is 0. The molecule has 0 fully saturated rings. The Kier molecular flexibility index (Phi) is 3.46. The Bertz CT molecular complexity index is 404. The summed E-state index contributed by atoms with van der Waals surface area (Å²) in [5.74, 6) is -0.426. The molecule has 0 aromatic heterocycles. The highest BCUT2D eigenvalue weighted by molar-refractivity contribution is 5.43.